The van der Waals surface area contributed by atoms with Crippen molar-refractivity contribution in [1.29, 1.82) is 0 Å². The van der Waals surface area contributed by atoms with Crippen LogP contribution in [0.1, 0.15) is 16.1 Å². The van der Waals surface area contributed by atoms with E-state index in [4.69, 9.17) is 16.0 Å². The van der Waals surface area contributed by atoms with E-state index in [0.29, 0.717) is 11.4 Å². The van der Waals surface area contributed by atoms with Crippen LogP contribution in [-0.2, 0) is 16.6 Å². The maximum atomic E-state index is 12.4. The van der Waals surface area contributed by atoms with Crippen LogP contribution in [0.25, 0.3) is 0 Å². The van der Waals surface area contributed by atoms with E-state index in [9.17, 15) is 13.2 Å². The molecule has 0 atom stereocenters. The lowest BCUT2D eigenvalue weighted by molar-refractivity contribution is 0.102. The van der Waals surface area contributed by atoms with E-state index >= 15 is 0 Å². The van der Waals surface area contributed by atoms with Crippen LogP contribution in [0.15, 0.2) is 74.6 Å². The van der Waals surface area contributed by atoms with Crippen molar-refractivity contribution >= 4 is 49.1 Å². The number of halogens is 2. The Labute approximate surface area is 169 Å². The molecule has 3 rings (SSSR count). The first-order valence-corrected chi connectivity index (χ1v) is 10.4. The number of anilines is 1. The molecule has 1 heterocycles. The fourth-order valence-electron chi connectivity index (χ4n) is 2.28. The van der Waals surface area contributed by atoms with Gasteiger partial charge in [0.05, 0.1) is 28.3 Å². The summed E-state index contributed by atoms with van der Waals surface area (Å²) in [6.07, 6.45) is 1.47. The van der Waals surface area contributed by atoms with Gasteiger partial charge in [-0.25, -0.2) is 13.1 Å². The number of carbonyl (C=O) groups is 1. The highest BCUT2D eigenvalue weighted by Crippen LogP contribution is 2.23. The molecule has 27 heavy (non-hydrogen) atoms. The highest BCUT2D eigenvalue weighted by atomic mass is 79.9. The molecule has 1 amide bonds. The lowest BCUT2D eigenvalue weighted by Gasteiger charge is -2.10. The van der Waals surface area contributed by atoms with Gasteiger partial charge in [-0.1, -0.05) is 33.6 Å². The largest absolute Gasteiger partial charge is 0.468 e. The molecule has 0 fully saturated rings. The van der Waals surface area contributed by atoms with Crippen LogP contribution in [0.3, 0.4) is 0 Å². The highest BCUT2D eigenvalue weighted by Gasteiger charge is 2.16. The Balaban J connectivity index is 1.75. The third kappa shape index (κ3) is 4.98. The van der Waals surface area contributed by atoms with E-state index in [1.807, 2.05) is 0 Å². The second-order valence-electron chi connectivity index (χ2n) is 5.51. The van der Waals surface area contributed by atoms with Crippen LogP contribution < -0.4 is 10.0 Å². The maximum Gasteiger partial charge on any atom is 0.257 e. The molecule has 140 valence electrons. The minimum Gasteiger partial charge on any atom is -0.468 e. The van der Waals surface area contributed by atoms with Gasteiger partial charge in [-0.3, -0.25) is 4.79 Å². The average Bonchev–Trinajstić information content (AvgIpc) is 3.14. The molecule has 0 aliphatic carbocycles. The topological polar surface area (TPSA) is 88.4 Å². The smallest absolute Gasteiger partial charge is 0.257 e. The molecule has 2 aromatic carbocycles. The predicted octanol–water partition coefficient (Wildman–Crippen LogP) is 4.43. The lowest BCUT2D eigenvalue weighted by Crippen LogP contribution is -2.23. The normalized spacial score (nSPS) is 11.3. The molecule has 2 N–H and O–H groups in total. The van der Waals surface area contributed by atoms with Crippen LogP contribution in [0, 0.1) is 0 Å². The summed E-state index contributed by atoms with van der Waals surface area (Å²) >= 11 is 9.36. The van der Waals surface area contributed by atoms with Crippen LogP contribution in [-0.4, -0.2) is 14.3 Å². The number of hydrogen-bond donors (Lipinski definition) is 2. The monoisotopic (exact) mass is 468 g/mol. The van der Waals surface area contributed by atoms with Gasteiger partial charge in [-0.2, -0.15) is 0 Å². The maximum absolute atomic E-state index is 12.4. The zero-order valence-electron chi connectivity index (χ0n) is 13.8. The van der Waals surface area contributed by atoms with Crippen LogP contribution in [0.2, 0.25) is 5.02 Å². The molecule has 6 nitrogen and oxygen atoms in total. The summed E-state index contributed by atoms with van der Waals surface area (Å²) in [5.74, 6) is 0.0542. The fraction of sp³-hybridized carbons (Fsp3) is 0.0556. The van der Waals surface area contributed by atoms with Crippen molar-refractivity contribution in [3.8, 4) is 0 Å². The van der Waals surface area contributed by atoms with E-state index in [1.54, 1.807) is 42.5 Å². The first-order chi connectivity index (χ1) is 12.8. The molecule has 0 saturated carbocycles. The van der Waals surface area contributed by atoms with E-state index in [2.05, 4.69) is 26.0 Å². The van der Waals surface area contributed by atoms with E-state index in [0.717, 1.165) is 4.47 Å². The van der Waals surface area contributed by atoms with Gasteiger partial charge in [0.25, 0.3) is 5.91 Å². The molecule has 1 aromatic heterocycles. The summed E-state index contributed by atoms with van der Waals surface area (Å²) in [5.41, 5.74) is 0.615. The van der Waals surface area contributed by atoms with Crippen molar-refractivity contribution in [1.82, 2.24) is 4.72 Å². The molecule has 0 aliphatic heterocycles. The van der Waals surface area contributed by atoms with Gasteiger partial charge in [-0.05, 0) is 48.5 Å². The van der Waals surface area contributed by atoms with Gasteiger partial charge in [0.15, 0.2) is 0 Å². The Bertz CT molecular complexity index is 1070. The Kier molecular flexibility index (Phi) is 6.01. The quantitative estimate of drug-likeness (QED) is 0.559. The number of sulfonamides is 1. The van der Waals surface area contributed by atoms with Crippen LogP contribution >= 0.6 is 27.5 Å². The molecular weight excluding hydrogens is 456 g/mol. The number of rotatable bonds is 6. The minimum absolute atomic E-state index is 0.0220. The molecule has 9 heteroatoms. The van der Waals surface area contributed by atoms with Crippen LogP contribution in [0.5, 0.6) is 0 Å². The van der Waals surface area contributed by atoms with Gasteiger partial charge in [0, 0.05) is 10.2 Å². The van der Waals surface area contributed by atoms with E-state index in [1.165, 1.54) is 18.4 Å². The van der Waals surface area contributed by atoms with Gasteiger partial charge in [-0.15, -0.1) is 0 Å². The number of hydrogen-bond acceptors (Lipinski definition) is 4. The summed E-state index contributed by atoms with van der Waals surface area (Å²) in [7, 11) is -3.77. The number of carbonyl (C=O) groups excluding carboxylic acids is 1. The summed E-state index contributed by atoms with van der Waals surface area (Å²) in [6.45, 7) is 0.0282. The zero-order chi connectivity index (χ0) is 19.4. The van der Waals surface area contributed by atoms with E-state index in [-0.39, 0.29) is 22.0 Å². The fourth-order valence-corrected chi connectivity index (χ4v) is 4.07. The Hall–Kier alpha value is -2.13. The molecule has 0 bridgehead atoms. The molecule has 0 radical (unpaired) electrons. The molecule has 0 unspecified atom stereocenters. The highest BCUT2D eigenvalue weighted by molar-refractivity contribution is 9.10. The first-order valence-electron chi connectivity index (χ1n) is 7.74. The number of amides is 1. The van der Waals surface area contributed by atoms with Gasteiger partial charge in [0.1, 0.15) is 5.76 Å². The summed E-state index contributed by atoms with van der Waals surface area (Å²) in [4.78, 5) is 12.4. The second kappa shape index (κ2) is 8.26. The second-order valence-corrected chi connectivity index (χ2v) is 8.60. The predicted molar refractivity (Wildman–Crippen MR) is 106 cm³/mol. The Morgan fingerprint density at radius 3 is 2.63 bits per heavy atom. The van der Waals surface area contributed by atoms with Gasteiger partial charge < -0.3 is 9.73 Å². The third-order valence-corrected chi connectivity index (χ3v) is 5.80. The van der Waals surface area contributed by atoms with Crippen molar-refractivity contribution in [3.63, 3.8) is 0 Å². The van der Waals surface area contributed by atoms with Crippen molar-refractivity contribution in [3.05, 3.63) is 81.7 Å². The minimum atomic E-state index is -3.77. The third-order valence-electron chi connectivity index (χ3n) is 3.59. The number of benzene rings is 2. The SMILES string of the molecule is O=C(Nc1cccc(S(=O)(=O)NCc2ccco2)c1)c1ccc(Br)cc1Cl. The summed E-state index contributed by atoms with van der Waals surface area (Å²) in [6, 6.07) is 14.2. The van der Waals surface area contributed by atoms with Gasteiger partial charge in [0.2, 0.25) is 10.0 Å². The Morgan fingerprint density at radius 2 is 1.93 bits per heavy atom. The molecule has 0 spiro atoms. The molecular formula is C18H14BrClN2O4S. The molecule has 3 aromatic rings. The summed E-state index contributed by atoms with van der Waals surface area (Å²) < 4.78 is 33.2. The first kappa shape index (κ1) is 19.6. The number of nitrogens with one attached hydrogen (secondary N) is 2. The van der Waals surface area contributed by atoms with Crippen molar-refractivity contribution in [2.45, 2.75) is 11.4 Å². The lowest BCUT2D eigenvalue weighted by atomic mass is 10.2. The number of furan rings is 1. The standard InChI is InChI=1S/C18H14BrClN2O4S/c19-12-6-7-16(17(20)9-12)18(23)22-13-3-1-5-15(10-13)27(24,25)21-11-14-4-2-8-26-14/h1-10,21H,11H2,(H,22,23). The van der Waals surface area contributed by atoms with Crippen LogP contribution in [0.4, 0.5) is 5.69 Å². The van der Waals surface area contributed by atoms with Crippen molar-refractivity contribution < 1.29 is 17.6 Å². The molecule has 0 saturated heterocycles. The van der Waals surface area contributed by atoms with E-state index < -0.39 is 15.9 Å². The summed E-state index contributed by atoms with van der Waals surface area (Å²) in [5, 5.41) is 2.93. The Morgan fingerprint density at radius 1 is 1.11 bits per heavy atom. The zero-order valence-corrected chi connectivity index (χ0v) is 16.9. The van der Waals surface area contributed by atoms with Gasteiger partial charge >= 0.3 is 0 Å². The average molecular weight is 470 g/mol. The van der Waals surface area contributed by atoms with Crippen molar-refractivity contribution in [2.75, 3.05) is 5.32 Å². The van der Waals surface area contributed by atoms with Crippen molar-refractivity contribution in [2.24, 2.45) is 0 Å². The molecule has 0 aliphatic rings.